The van der Waals surface area contributed by atoms with Gasteiger partial charge in [-0.15, -0.1) is 0 Å². The number of fused-ring (bicyclic) bond motifs is 2. The van der Waals surface area contributed by atoms with Gasteiger partial charge in [-0.25, -0.2) is 4.68 Å². The van der Waals surface area contributed by atoms with Crippen LogP contribution >= 0.6 is 0 Å². The minimum Gasteiger partial charge on any atom is -0.343 e. The highest BCUT2D eigenvalue weighted by Gasteiger charge is 2.36. The highest BCUT2D eigenvalue weighted by atomic mass is 16.2. The van der Waals surface area contributed by atoms with Gasteiger partial charge >= 0.3 is 0 Å². The van der Waals surface area contributed by atoms with Crippen LogP contribution in [0.4, 0.5) is 0 Å². The number of carbonyl (C=O) groups excluding carboxylic acids is 1. The Labute approximate surface area is 149 Å². The Morgan fingerprint density at radius 1 is 1.24 bits per heavy atom. The van der Waals surface area contributed by atoms with E-state index in [1.165, 1.54) is 12.8 Å². The van der Waals surface area contributed by atoms with Gasteiger partial charge in [0.1, 0.15) is 0 Å². The average Bonchev–Trinajstić information content (AvgIpc) is 3.26. The summed E-state index contributed by atoms with van der Waals surface area (Å²) in [6.07, 6.45) is 9.92. The van der Waals surface area contributed by atoms with Crippen molar-refractivity contribution in [2.45, 2.75) is 56.7 Å². The van der Waals surface area contributed by atoms with Gasteiger partial charge in [0.25, 0.3) is 0 Å². The van der Waals surface area contributed by atoms with E-state index in [1.807, 2.05) is 59.4 Å². The van der Waals surface area contributed by atoms with E-state index < -0.39 is 0 Å². The lowest BCUT2D eigenvalue weighted by molar-refractivity contribution is -0.132. The second-order valence-electron chi connectivity index (χ2n) is 7.40. The minimum absolute atomic E-state index is 0.249. The van der Waals surface area contributed by atoms with E-state index in [-0.39, 0.29) is 5.91 Å². The smallest absolute Gasteiger partial charge is 0.222 e. The van der Waals surface area contributed by atoms with E-state index >= 15 is 0 Å². The molecule has 1 aromatic carbocycles. The first-order chi connectivity index (χ1) is 12.2. The van der Waals surface area contributed by atoms with Gasteiger partial charge in [-0.2, -0.15) is 5.10 Å². The molecule has 2 aliphatic rings. The fourth-order valence-corrected chi connectivity index (χ4v) is 4.19. The predicted molar refractivity (Wildman–Crippen MR) is 97.6 cm³/mol. The molecule has 2 fully saturated rings. The summed E-state index contributed by atoms with van der Waals surface area (Å²) in [5.41, 5.74) is 2.15. The molecule has 4 rings (SSSR count). The fourth-order valence-electron chi connectivity index (χ4n) is 4.19. The van der Waals surface area contributed by atoms with Crippen molar-refractivity contribution in [3.63, 3.8) is 0 Å². The lowest BCUT2D eigenvalue weighted by Crippen LogP contribution is -2.48. The SMILES string of the molecule is CN(C(=O)CCc1cnn(-c2ccccc2)c1)C1CC2CCC(C1)N2. The number of nitrogens with zero attached hydrogens (tertiary/aromatic N) is 3. The van der Waals surface area contributed by atoms with Gasteiger partial charge < -0.3 is 10.2 Å². The number of rotatable bonds is 5. The average molecular weight is 338 g/mol. The molecule has 1 amide bonds. The highest BCUT2D eigenvalue weighted by molar-refractivity contribution is 5.76. The molecule has 1 N–H and O–H groups in total. The summed E-state index contributed by atoms with van der Waals surface area (Å²) in [6.45, 7) is 0. The van der Waals surface area contributed by atoms with Gasteiger partial charge in [0.2, 0.25) is 5.91 Å². The van der Waals surface area contributed by atoms with Gasteiger partial charge in [0, 0.05) is 37.8 Å². The summed E-state index contributed by atoms with van der Waals surface area (Å²) < 4.78 is 1.87. The normalized spacial score (nSPS) is 25.1. The zero-order chi connectivity index (χ0) is 17.2. The molecule has 2 unspecified atom stereocenters. The third-order valence-corrected chi connectivity index (χ3v) is 5.67. The number of piperidine rings is 1. The number of amides is 1. The molecular weight excluding hydrogens is 312 g/mol. The first-order valence-electron chi connectivity index (χ1n) is 9.30. The lowest BCUT2D eigenvalue weighted by atomic mass is 9.98. The van der Waals surface area contributed by atoms with Crippen LogP contribution in [0.1, 0.15) is 37.7 Å². The van der Waals surface area contributed by atoms with Gasteiger partial charge in [-0.05, 0) is 49.8 Å². The van der Waals surface area contributed by atoms with Crippen molar-refractivity contribution in [2.75, 3.05) is 7.05 Å². The van der Waals surface area contributed by atoms with Crippen LogP contribution < -0.4 is 5.32 Å². The molecule has 2 aliphatic heterocycles. The topological polar surface area (TPSA) is 50.2 Å². The number of carbonyl (C=O) groups is 1. The number of hydrogen-bond donors (Lipinski definition) is 1. The molecule has 2 aromatic rings. The fraction of sp³-hybridized carbons (Fsp3) is 0.500. The van der Waals surface area contributed by atoms with Crippen molar-refractivity contribution in [1.29, 1.82) is 0 Å². The predicted octanol–water partition coefficient (Wildman–Crippen LogP) is 2.55. The van der Waals surface area contributed by atoms with Crippen LogP contribution in [0.2, 0.25) is 0 Å². The summed E-state index contributed by atoms with van der Waals surface area (Å²) >= 11 is 0. The van der Waals surface area contributed by atoms with Crippen LogP contribution in [0.25, 0.3) is 5.69 Å². The number of para-hydroxylation sites is 1. The maximum Gasteiger partial charge on any atom is 0.222 e. The van der Waals surface area contributed by atoms with Crippen LogP contribution in [-0.2, 0) is 11.2 Å². The highest BCUT2D eigenvalue weighted by Crippen LogP contribution is 2.29. The van der Waals surface area contributed by atoms with Crippen molar-refractivity contribution < 1.29 is 4.79 Å². The van der Waals surface area contributed by atoms with Crippen LogP contribution in [0.15, 0.2) is 42.7 Å². The Balaban J connectivity index is 1.32. The first kappa shape index (κ1) is 16.3. The summed E-state index contributed by atoms with van der Waals surface area (Å²) in [5, 5.41) is 8.05. The number of nitrogens with one attached hydrogen (secondary N) is 1. The van der Waals surface area contributed by atoms with Crippen LogP contribution in [0.3, 0.4) is 0 Å². The molecule has 0 saturated carbocycles. The second-order valence-corrected chi connectivity index (χ2v) is 7.40. The molecule has 0 spiro atoms. The maximum atomic E-state index is 12.6. The number of aryl methyl sites for hydroxylation is 1. The molecule has 132 valence electrons. The molecule has 2 bridgehead atoms. The standard InChI is InChI=1S/C20H26N4O/c1-23(19-11-16-8-9-17(12-19)22-16)20(25)10-7-15-13-21-24(14-15)18-5-3-2-4-6-18/h2-6,13-14,16-17,19,22H,7-12H2,1H3. The Morgan fingerprint density at radius 2 is 1.96 bits per heavy atom. The van der Waals surface area contributed by atoms with Crippen LogP contribution in [0.5, 0.6) is 0 Å². The first-order valence-corrected chi connectivity index (χ1v) is 9.30. The Morgan fingerprint density at radius 3 is 2.68 bits per heavy atom. The Kier molecular flexibility index (Phi) is 4.57. The molecule has 1 aromatic heterocycles. The van der Waals surface area contributed by atoms with Gasteiger partial charge in [0.05, 0.1) is 11.9 Å². The van der Waals surface area contributed by atoms with E-state index in [0.717, 1.165) is 30.5 Å². The number of benzene rings is 1. The monoisotopic (exact) mass is 338 g/mol. The van der Waals surface area contributed by atoms with Crippen molar-refractivity contribution >= 4 is 5.91 Å². The third kappa shape index (κ3) is 3.61. The molecule has 5 nitrogen and oxygen atoms in total. The van der Waals surface area contributed by atoms with Gasteiger partial charge in [-0.1, -0.05) is 18.2 Å². The van der Waals surface area contributed by atoms with E-state index in [1.54, 1.807) is 0 Å². The minimum atomic E-state index is 0.249. The largest absolute Gasteiger partial charge is 0.343 e. The number of hydrogen-bond acceptors (Lipinski definition) is 3. The van der Waals surface area contributed by atoms with Gasteiger partial charge in [0.15, 0.2) is 0 Å². The zero-order valence-electron chi connectivity index (χ0n) is 14.8. The number of aromatic nitrogens is 2. The van der Waals surface area contributed by atoms with Crippen molar-refractivity contribution in [2.24, 2.45) is 0 Å². The van der Waals surface area contributed by atoms with Crippen LogP contribution in [-0.4, -0.2) is 45.8 Å². The molecule has 2 saturated heterocycles. The summed E-state index contributed by atoms with van der Waals surface area (Å²) in [7, 11) is 1.98. The van der Waals surface area contributed by atoms with Crippen molar-refractivity contribution in [1.82, 2.24) is 20.0 Å². The summed E-state index contributed by atoms with van der Waals surface area (Å²) in [4.78, 5) is 14.6. The van der Waals surface area contributed by atoms with Gasteiger partial charge in [-0.3, -0.25) is 4.79 Å². The third-order valence-electron chi connectivity index (χ3n) is 5.67. The van der Waals surface area contributed by atoms with E-state index in [2.05, 4.69) is 10.4 Å². The molecule has 5 heteroatoms. The lowest BCUT2D eigenvalue weighted by Gasteiger charge is -2.35. The van der Waals surface area contributed by atoms with Crippen molar-refractivity contribution in [3.8, 4) is 5.69 Å². The summed E-state index contributed by atoms with van der Waals surface area (Å²) in [5.74, 6) is 0.249. The van der Waals surface area contributed by atoms with E-state index in [9.17, 15) is 4.79 Å². The zero-order valence-corrected chi connectivity index (χ0v) is 14.8. The summed E-state index contributed by atoms with van der Waals surface area (Å²) in [6, 6.07) is 11.7. The molecular formula is C20H26N4O. The molecule has 2 atom stereocenters. The molecule has 25 heavy (non-hydrogen) atoms. The van der Waals surface area contributed by atoms with Crippen molar-refractivity contribution in [3.05, 3.63) is 48.3 Å². The molecule has 3 heterocycles. The van der Waals surface area contributed by atoms with E-state index in [4.69, 9.17) is 0 Å². The Bertz CT molecular complexity index is 714. The molecule has 0 radical (unpaired) electrons. The molecule has 0 aliphatic carbocycles. The maximum absolute atomic E-state index is 12.6. The quantitative estimate of drug-likeness (QED) is 0.911. The van der Waals surface area contributed by atoms with E-state index in [0.29, 0.717) is 24.5 Å². The van der Waals surface area contributed by atoms with Crippen LogP contribution in [0, 0.1) is 0 Å². The second kappa shape index (κ2) is 7.00. The Hall–Kier alpha value is -2.14.